The molecule has 3 aromatic heterocycles. The quantitative estimate of drug-likeness (QED) is 0.285. The molecule has 2 aromatic carbocycles. The van der Waals surface area contributed by atoms with Crippen LogP contribution in [0.1, 0.15) is 32.4 Å². The van der Waals surface area contributed by atoms with Crippen LogP contribution in [-0.2, 0) is 10.0 Å². The molecule has 5 aromatic rings. The number of fused-ring (bicyclic) bond motifs is 2. The van der Waals surface area contributed by atoms with Gasteiger partial charge in [0.25, 0.3) is 10.0 Å². The Hall–Kier alpha value is -3.69. The summed E-state index contributed by atoms with van der Waals surface area (Å²) in [5.74, 6) is 0. The minimum atomic E-state index is -3.78. The summed E-state index contributed by atoms with van der Waals surface area (Å²) in [5.41, 5.74) is 3.89. The number of rotatable bonds is 5. The molecule has 5 rings (SSSR count). The lowest BCUT2D eigenvalue weighted by Crippen LogP contribution is -2.17. The molecule has 8 nitrogen and oxygen atoms in total. The van der Waals surface area contributed by atoms with E-state index in [1.807, 2.05) is 32.9 Å². The number of aliphatic hydroxyl groups is 1. The van der Waals surface area contributed by atoms with E-state index < -0.39 is 16.1 Å². The number of hydrogen-bond acceptors (Lipinski definition) is 5. The van der Waals surface area contributed by atoms with E-state index in [4.69, 9.17) is 4.98 Å². The summed E-state index contributed by atoms with van der Waals surface area (Å²) in [6.07, 6.45) is 4.39. The van der Waals surface area contributed by atoms with Crippen molar-refractivity contribution in [3.8, 4) is 11.3 Å². The zero-order valence-corrected chi connectivity index (χ0v) is 19.8. The fraction of sp³-hybridized carbons (Fsp3) is 0.200. The van der Waals surface area contributed by atoms with Gasteiger partial charge in [-0.2, -0.15) is 0 Å². The minimum absolute atomic E-state index is 0.179. The number of nitrogens with one attached hydrogen (secondary N) is 3. The summed E-state index contributed by atoms with van der Waals surface area (Å²) in [4.78, 5) is 15.7. The van der Waals surface area contributed by atoms with Crippen molar-refractivity contribution < 1.29 is 13.5 Å². The second-order valence-electron chi connectivity index (χ2n) is 9.35. The first kappa shape index (κ1) is 22.1. The van der Waals surface area contributed by atoms with Gasteiger partial charge in [-0.05, 0) is 35.7 Å². The lowest BCUT2D eigenvalue weighted by molar-refractivity contribution is 0.0638. The minimum Gasteiger partial charge on any atom is -0.388 e. The third kappa shape index (κ3) is 3.93. The molecule has 0 saturated heterocycles. The fourth-order valence-corrected chi connectivity index (χ4v) is 5.02. The van der Waals surface area contributed by atoms with Gasteiger partial charge in [-0.15, -0.1) is 0 Å². The summed E-state index contributed by atoms with van der Waals surface area (Å²) in [6, 6.07) is 13.7. The monoisotopic (exact) mass is 475 g/mol. The molecular formula is C25H25N5O3S. The molecule has 4 N–H and O–H groups in total. The Labute approximate surface area is 197 Å². The number of aromatic amines is 2. The fourth-order valence-electron chi connectivity index (χ4n) is 3.93. The number of nitrogens with zero attached hydrogens (tertiary/aromatic N) is 2. The van der Waals surface area contributed by atoms with Crippen LogP contribution in [0.25, 0.3) is 33.3 Å². The Morgan fingerprint density at radius 3 is 2.56 bits per heavy atom. The van der Waals surface area contributed by atoms with Crippen molar-refractivity contribution in [2.75, 3.05) is 4.72 Å². The molecule has 0 aliphatic rings. The SMILES string of the molecule is CC(C)(C)C(O)c1c[nH]c2ncc(-c3cc(NS(=O)(=O)c4ccccc4)c4cc[nH]c4c3)nc12. The van der Waals surface area contributed by atoms with Crippen LogP contribution in [0.3, 0.4) is 0 Å². The number of benzene rings is 2. The standard InChI is InChI=1S/C25H25N5O3S/c1-25(2,3)23(31)18-13-27-24-22(18)29-21(14-28-24)15-11-19-17(9-10-26-19)20(12-15)30-34(32,33)16-7-5-4-6-8-16/h4-14,23,26,30-31H,1-3H3,(H,27,28). The molecule has 0 aliphatic heterocycles. The van der Waals surface area contributed by atoms with Gasteiger partial charge in [-0.1, -0.05) is 39.0 Å². The number of sulfonamides is 1. The van der Waals surface area contributed by atoms with E-state index in [0.717, 1.165) is 10.9 Å². The molecule has 0 saturated carbocycles. The summed E-state index contributed by atoms with van der Waals surface area (Å²) in [7, 11) is -3.78. The maximum atomic E-state index is 13.0. The molecule has 1 unspecified atom stereocenters. The normalized spacial score (nSPS) is 13.4. The summed E-state index contributed by atoms with van der Waals surface area (Å²) in [6.45, 7) is 5.87. The first-order valence-electron chi connectivity index (χ1n) is 10.8. The largest absolute Gasteiger partial charge is 0.388 e. The van der Waals surface area contributed by atoms with Crippen molar-refractivity contribution in [1.29, 1.82) is 0 Å². The highest BCUT2D eigenvalue weighted by atomic mass is 32.2. The second kappa shape index (κ2) is 7.96. The number of aliphatic hydroxyl groups excluding tert-OH is 1. The molecule has 3 heterocycles. The zero-order valence-electron chi connectivity index (χ0n) is 19.0. The highest BCUT2D eigenvalue weighted by Gasteiger charge is 2.27. The van der Waals surface area contributed by atoms with E-state index in [9.17, 15) is 13.5 Å². The molecule has 0 aliphatic carbocycles. The van der Waals surface area contributed by atoms with Crippen LogP contribution in [0.2, 0.25) is 0 Å². The molecular weight excluding hydrogens is 450 g/mol. The van der Waals surface area contributed by atoms with Crippen LogP contribution >= 0.6 is 0 Å². The summed E-state index contributed by atoms with van der Waals surface area (Å²) < 4.78 is 28.7. The Kier molecular flexibility index (Phi) is 5.18. The van der Waals surface area contributed by atoms with Crippen LogP contribution in [-0.4, -0.2) is 33.5 Å². The molecule has 34 heavy (non-hydrogen) atoms. The third-order valence-electron chi connectivity index (χ3n) is 5.79. The molecule has 174 valence electrons. The molecule has 0 bridgehead atoms. The van der Waals surface area contributed by atoms with Gasteiger partial charge in [0, 0.05) is 34.4 Å². The highest BCUT2D eigenvalue weighted by Crippen LogP contribution is 2.36. The van der Waals surface area contributed by atoms with Crippen LogP contribution in [0.4, 0.5) is 5.69 Å². The van der Waals surface area contributed by atoms with Crippen LogP contribution in [0.15, 0.2) is 72.0 Å². The van der Waals surface area contributed by atoms with Crippen molar-refractivity contribution >= 4 is 37.8 Å². The number of H-pyrrole nitrogens is 2. The Bertz CT molecular complexity index is 1600. The van der Waals surface area contributed by atoms with Crippen molar-refractivity contribution in [3.05, 3.63) is 72.7 Å². The van der Waals surface area contributed by atoms with E-state index >= 15 is 0 Å². The van der Waals surface area contributed by atoms with Gasteiger partial charge in [-0.25, -0.2) is 18.4 Å². The van der Waals surface area contributed by atoms with Crippen molar-refractivity contribution in [3.63, 3.8) is 0 Å². The van der Waals surface area contributed by atoms with Crippen LogP contribution in [0, 0.1) is 5.41 Å². The van der Waals surface area contributed by atoms with Gasteiger partial charge in [0.05, 0.1) is 28.6 Å². The predicted octanol–water partition coefficient (Wildman–Crippen LogP) is 4.99. The molecule has 0 fully saturated rings. The Morgan fingerprint density at radius 1 is 1.06 bits per heavy atom. The highest BCUT2D eigenvalue weighted by molar-refractivity contribution is 7.92. The van der Waals surface area contributed by atoms with Gasteiger partial charge in [-0.3, -0.25) is 4.72 Å². The number of anilines is 1. The van der Waals surface area contributed by atoms with Gasteiger partial charge in [0.15, 0.2) is 5.65 Å². The zero-order chi connectivity index (χ0) is 24.1. The molecule has 0 radical (unpaired) electrons. The molecule has 0 amide bonds. The lowest BCUT2D eigenvalue weighted by Gasteiger charge is -2.25. The average Bonchev–Trinajstić information content (AvgIpc) is 3.45. The van der Waals surface area contributed by atoms with E-state index in [1.165, 1.54) is 0 Å². The third-order valence-corrected chi connectivity index (χ3v) is 7.17. The van der Waals surface area contributed by atoms with Crippen molar-refractivity contribution in [1.82, 2.24) is 19.9 Å². The van der Waals surface area contributed by atoms with E-state index in [0.29, 0.717) is 33.7 Å². The van der Waals surface area contributed by atoms with E-state index in [-0.39, 0.29) is 10.3 Å². The molecule has 0 spiro atoms. The van der Waals surface area contributed by atoms with E-state index in [1.54, 1.807) is 55.0 Å². The first-order chi connectivity index (χ1) is 16.1. The Morgan fingerprint density at radius 2 is 1.82 bits per heavy atom. The summed E-state index contributed by atoms with van der Waals surface area (Å²) in [5, 5.41) is 11.6. The number of aromatic nitrogens is 4. The van der Waals surface area contributed by atoms with Gasteiger partial charge in [0.2, 0.25) is 0 Å². The van der Waals surface area contributed by atoms with Gasteiger partial charge in [0.1, 0.15) is 5.52 Å². The average molecular weight is 476 g/mol. The van der Waals surface area contributed by atoms with Crippen molar-refractivity contribution in [2.45, 2.75) is 31.8 Å². The maximum Gasteiger partial charge on any atom is 0.261 e. The first-order valence-corrected chi connectivity index (χ1v) is 12.3. The second-order valence-corrected chi connectivity index (χ2v) is 11.0. The molecule has 1 atom stereocenters. The van der Waals surface area contributed by atoms with Crippen molar-refractivity contribution in [2.24, 2.45) is 5.41 Å². The summed E-state index contributed by atoms with van der Waals surface area (Å²) >= 11 is 0. The van der Waals surface area contributed by atoms with E-state index in [2.05, 4.69) is 19.7 Å². The molecule has 9 heteroatoms. The van der Waals surface area contributed by atoms with Crippen LogP contribution in [0.5, 0.6) is 0 Å². The predicted molar refractivity (Wildman–Crippen MR) is 133 cm³/mol. The maximum absolute atomic E-state index is 13.0. The van der Waals surface area contributed by atoms with Gasteiger partial charge >= 0.3 is 0 Å². The van der Waals surface area contributed by atoms with Crippen LogP contribution < -0.4 is 4.72 Å². The lowest BCUT2D eigenvalue weighted by atomic mass is 9.85. The number of hydrogen-bond donors (Lipinski definition) is 4. The smallest absolute Gasteiger partial charge is 0.261 e. The Balaban J connectivity index is 1.61. The topological polar surface area (TPSA) is 124 Å². The van der Waals surface area contributed by atoms with Gasteiger partial charge < -0.3 is 15.1 Å².